The Labute approximate surface area is 47.5 Å². The number of halogens is 1. The molecule has 0 radical (unpaired) electrons. The fourth-order valence-electron chi connectivity index (χ4n) is 0.218. The van der Waals surface area contributed by atoms with Crippen LogP contribution in [-0.2, 0) is 0 Å². The Morgan fingerprint density at radius 3 is 2.25 bits per heavy atom. The minimum absolute atomic E-state index is 0.303. The first-order chi connectivity index (χ1) is 3.66. The van der Waals surface area contributed by atoms with E-state index in [-0.39, 0.29) is 5.76 Å². The Hall–Kier alpha value is -1.05. The molecule has 0 amide bonds. The molecule has 0 bridgehead atoms. The van der Waals surface area contributed by atoms with Gasteiger partial charge in [-0.15, -0.1) is 0 Å². The van der Waals surface area contributed by atoms with Crippen molar-refractivity contribution >= 4 is 0 Å². The highest BCUT2D eigenvalue weighted by Gasteiger charge is 1.84. The van der Waals surface area contributed by atoms with E-state index in [1.807, 2.05) is 0 Å². The minimum atomic E-state index is -0.586. The van der Waals surface area contributed by atoms with Crippen molar-refractivity contribution in [2.45, 2.75) is 0 Å². The van der Waals surface area contributed by atoms with Crippen LogP contribution in [0.25, 0.3) is 0 Å². The van der Waals surface area contributed by atoms with E-state index in [2.05, 4.69) is 13.2 Å². The van der Waals surface area contributed by atoms with Gasteiger partial charge in [-0.25, -0.2) is 4.39 Å². The molecule has 2 heteroatoms. The Kier molecular flexibility index (Phi) is 2.62. The zero-order chi connectivity index (χ0) is 6.57. The third-order valence-corrected chi connectivity index (χ3v) is 0.500. The second kappa shape index (κ2) is 3.02. The highest BCUT2D eigenvalue weighted by molar-refractivity contribution is 5.17. The Morgan fingerprint density at radius 1 is 1.62 bits per heavy atom. The van der Waals surface area contributed by atoms with Crippen LogP contribution >= 0.6 is 0 Å². The Balaban J connectivity index is 3.94. The summed E-state index contributed by atoms with van der Waals surface area (Å²) in [6.45, 7) is 6.15. The molecule has 1 N–H and O–H groups in total. The van der Waals surface area contributed by atoms with Gasteiger partial charge < -0.3 is 5.11 Å². The van der Waals surface area contributed by atoms with Gasteiger partial charge >= 0.3 is 0 Å². The molecule has 0 aromatic rings. The second-order valence-corrected chi connectivity index (χ2v) is 1.22. The number of rotatable bonds is 2. The minimum Gasteiger partial charge on any atom is -0.508 e. The first-order valence-electron chi connectivity index (χ1n) is 2.04. The molecule has 0 aromatic heterocycles. The molecule has 0 heterocycles. The van der Waals surface area contributed by atoms with Gasteiger partial charge in [-0.2, -0.15) is 0 Å². The lowest BCUT2D eigenvalue weighted by Crippen LogP contribution is -1.69. The number of hydrogen-bond acceptors (Lipinski definition) is 1. The fourth-order valence-corrected chi connectivity index (χ4v) is 0.218. The van der Waals surface area contributed by atoms with Gasteiger partial charge in [0.15, 0.2) is 0 Å². The van der Waals surface area contributed by atoms with E-state index >= 15 is 0 Å². The average molecular weight is 114 g/mol. The van der Waals surface area contributed by atoms with Crippen LogP contribution in [0.3, 0.4) is 0 Å². The highest BCUT2D eigenvalue weighted by Crippen LogP contribution is 1.98. The number of aliphatic hydroxyl groups excluding tert-OH is 1. The van der Waals surface area contributed by atoms with Gasteiger partial charge in [0.1, 0.15) is 11.6 Å². The molecule has 1 nitrogen and oxygen atoms in total. The van der Waals surface area contributed by atoms with Gasteiger partial charge in [-0.1, -0.05) is 13.2 Å². The normalized spacial score (nSPS) is 10.9. The highest BCUT2D eigenvalue weighted by atomic mass is 19.1. The molecule has 0 aliphatic carbocycles. The summed E-state index contributed by atoms with van der Waals surface area (Å²) in [7, 11) is 0. The van der Waals surface area contributed by atoms with Gasteiger partial charge in [0.05, 0.1) is 0 Å². The number of allylic oxidation sites excluding steroid dienone is 3. The van der Waals surface area contributed by atoms with Gasteiger partial charge in [0, 0.05) is 6.08 Å². The van der Waals surface area contributed by atoms with E-state index in [9.17, 15) is 4.39 Å². The zero-order valence-corrected chi connectivity index (χ0v) is 4.39. The maximum atomic E-state index is 11.9. The van der Waals surface area contributed by atoms with E-state index in [1.165, 1.54) is 0 Å². The number of aliphatic hydroxyl groups is 1. The number of hydrogen-bond donors (Lipinski definition) is 1. The standard InChI is InChI=1S/C6H7FO/c1-3-6(7)4-5(2)8/h3-4,8H,1-2H2/b6-4+. The van der Waals surface area contributed by atoms with E-state index in [0.717, 1.165) is 12.2 Å². The molecule has 0 aliphatic heterocycles. The molecule has 0 spiro atoms. The molecule has 0 unspecified atom stereocenters. The predicted octanol–water partition coefficient (Wildman–Crippen LogP) is 2.10. The summed E-state index contributed by atoms with van der Waals surface area (Å²) in [6.07, 6.45) is 1.87. The topological polar surface area (TPSA) is 20.2 Å². The van der Waals surface area contributed by atoms with Crippen LogP contribution in [0.2, 0.25) is 0 Å². The molecule has 0 fully saturated rings. The lowest BCUT2D eigenvalue weighted by Gasteiger charge is -1.83. The van der Waals surface area contributed by atoms with Crippen LogP contribution in [0.5, 0.6) is 0 Å². The maximum Gasteiger partial charge on any atom is 0.126 e. The lowest BCUT2D eigenvalue weighted by molar-refractivity contribution is 0.432. The maximum absolute atomic E-state index is 11.9. The summed E-state index contributed by atoms with van der Waals surface area (Å²) < 4.78 is 11.9. The third kappa shape index (κ3) is 3.15. The summed E-state index contributed by atoms with van der Waals surface area (Å²) in [4.78, 5) is 0. The molecule has 0 saturated carbocycles. The van der Waals surface area contributed by atoms with E-state index < -0.39 is 5.83 Å². The summed E-state index contributed by atoms with van der Waals surface area (Å²) in [5.41, 5.74) is 0. The van der Waals surface area contributed by atoms with Crippen LogP contribution in [0.1, 0.15) is 0 Å². The summed E-state index contributed by atoms with van der Waals surface area (Å²) in [5, 5.41) is 8.30. The second-order valence-electron chi connectivity index (χ2n) is 1.22. The monoisotopic (exact) mass is 114 g/mol. The predicted molar refractivity (Wildman–Crippen MR) is 31.2 cm³/mol. The molecular formula is C6H7FO. The van der Waals surface area contributed by atoms with E-state index in [0.29, 0.717) is 0 Å². The van der Waals surface area contributed by atoms with Gasteiger partial charge in [0.25, 0.3) is 0 Å². The van der Waals surface area contributed by atoms with E-state index in [1.54, 1.807) is 0 Å². The molecule has 0 rings (SSSR count). The van der Waals surface area contributed by atoms with Gasteiger partial charge in [-0.3, -0.25) is 0 Å². The lowest BCUT2D eigenvalue weighted by atomic mass is 10.4. The van der Waals surface area contributed by atoms with Crippen molar-refractivity contribution in [3.05, 3.63) is 36.9 Å². The van der Waals surface area contributed by atoms with Crippen LogP contribution in [0.15, 0.2) is 36.9 Å². The molecule has 0 aliphatic rings. The van der Waals surface area contributed by atoms with Crippen molar-refractivity contribution in [3.63, 3.8) is 0 Å². The summed E-state index contributed by atoms with van der Waals surface area (Å²) >= 11 is 0. The SMILES string of the molecule is C=C/C(F)=C\C(=C)O. The van der Waals surface area contributed by atoms with Crippen LogP contribution in [0, 0.1) is 0 Å². The van der Waals surface area contributed by atoms with Gasteiger partial charge in [0.2, 0.25) is 0 Å². The Bertz CT molecular complexity index is 135. The zero-order valence-electron chi connectivity index (χ0n) is 4.39. The third-order valence-electron chi connectivity index (χ3n) is 0.500. The van der Waals surface area contributed by atoms with E-state index in [4.69, 9.17) is 5.11 Å². The molecular weight excluding hydrogens is 107 g/mol. The van der Waals surface area contributed by atoms with Gasteiger partial charge in [-0.05, 0) is 6.08 Å². The van der Waals surface area contributed by atoms with Crippen molar-refractivity contribution in [3.8, 4) is 0 Å². The summed E-state index contributed by atoms with van der Waals surface area (Å²) in [5.74, 6) is -0.889. The molecule has 0 aromatic carbocycles. The summed E-state index contributed by atoms with van der Waals surface area (Å²) in [6, 6.07) is 0. The Morgan fingerprint density at radius 2 is 2.12 bits per heavy atom. The first kappa shape index (κ1) is 6.95. The molecule has 8 heavy (non-hydrogen) atoms. The van der Waals surface area contributed by atoms with Crippen molar-refractivity contribution in [1.82, 2.24) is 0 Å². The quantitative estimate of drug-likeness (QED) is 0.430. The largest absolute Gasteiger partial charge is 0.508 e. The van der Waals surface area contributed by atoms with Crippen LogP contribution in [-0.4, -0.2) is 5.11 Å². The van der Waals surface area contributed by atoms with Crippen molar-refractivity contribution in [2.24, 2.45) is 0 Å². The fraction of sp³-hybridized carbons (Fsp3) is 0. The smallest absolute Gasteiger partial charge is 0.126 e. The van der Waals surface area contributed by atoms with Crippen LogP contribution < -0.4 is 0 Å². The van der Waals surface area contributed by atoms with Crippen LogP contribution in [0.4, 0.5) is 4.39 Å². The van der Waals surface area contributed by atoms with Crippen molar-refractivity contribution in [1.29, 1.82) is 0 Å². The van der Waals surface area contributed by atoms with Crippen molar-refractivity contribution in [2.75, 3.05) is 0 Å². The molecule has 44 valence electrons. The van der Waals surface area contributed by atoms with Crippen molar-refractivity contribution < 1.29 is 9.50 Å². The first-order valence-corrected chi connectivity index (χ1v) is 2.04. The molecule has 0 saturated heterocycles. The molecule has 0 atom stereocenters. The average Bonchev–Trinajstić information content (AvgIpc) is 1.65.